The Balaban J connectivity index is 1.99. The summed E-state index contributed by atoms with van der Waals surface area (Å²) in [5.41, 5.74) is 9.00. The molecule has 2 aromatic heterocycles. The molecule has 1 fully saturated rings. The number of rotatable bonds is 3. The minimum absolute atomic E-state index is 0.522. The number of aryl methyl sites for hydroxylation is 2. The highest BCUT2D eigenvalue weighted by Gasteiger charge is 2.21. The number of aromatic nitrogens is 4. The summed E-state index contributed by atoms with van der Waals surface area (Å²) in [7, 11) is 0. The molecule has 0 spiro atoms. The van der Waals surface area contributed by atoms with Gasteiger partial charge in [-0.3, -0.25) is 4.57 Å². The lowest BCUT2D eigenvalue weighted by Gasteiger charge is -2.23. The molecule has 0 aromatic carbocycles. The molecule has 3 rings (SSSR count). The highest BCUT2D eigenvalue weighted by Crippen LogP contribution is 2.24. The van der Waals surface area contributed by atoms with E-state index in [9.17, 15) is 0 Å². The highest BCUT2D eigenvalue weighted by atomic mass is 16.5. The number of fused-ring (bicyclic) bond motifs is 1. The van der Waals surface area contributed by atoms with E-state index < -0.39 is 0 Å². The zero-order valence-corrected chi connectivity index (χ0v) is 11.6. The maximum absolute atomic E-state index is 6.08. The van der Waals surface area contributed by atoms with Gasteiger partial charge in [0.25, 0.3) is 0 Å². The van der Waals surface area contributed by atoms with Crippen LogP contribution in [0, 0.1) is 12.8 Å². The molecule has 1 saturated heterocycles. The molecule has 1 unspecified atom stereocenters. The maximum atomic E-state index is 6.08. The van der Waals surface area contributed by atoms with Crippen molar-refractivity contribution in [1.82, 2.24) is 19.3 Å². The summed E-state index contributed by atoms with van der Waals surface area (Å²) in [5.74, 6) is 1.11. The van der Waals surface area contributed by atoms with Gasteiger partial charge >= 0.3 is 0 Å². The van der Waals surface area contributed by atoms with E-state index in [2.05, 4.69) is 21.6 Å². The van der Waals surface area contributed by atoms with Crippen LogP contribution < -0.4 is 5.73 Å². The summed E-state index contributed by atoms with van der Waals surface area (Å²) in [6.07, 6.45) is 2.33. The highest BCUT2D eigenvalue weighted by molar-refractivity contribution is 5.77. The van der Waals surface area contributed by atoms with Crippen molar-refractivity contribution in [1.29, 1.82) is 0 Å². The van der Waals surface area contributed by atoms with Gasteiger partial charge in [-0.1, -0.05) is 0 Å². The third-order valence-electron chi connectivity index (χ3n) is 3.82. The lowest BCUT2D eigenvalue weighted by molar-refractivity contribution is 0.0489. The first kappa shape index (κ1) is 12.5. The minimum Gasteiger partial charge on any atom is -0.381 e. The molecule has 19 heavy (non-hydrogen) atoms. The number of nitrogen functional groups attached to an aromatic ring is 1. The van der Waals surface area contributed by atoms with Gasteiger partial charge in [-0.25, -0.2) is 9.67 Å². The minimum atomic E-state index is 0.522. The van der Waals surface area contributed by atoms with Crippen LogP contribution in [0.3, 0.4) is 0 Å². The molecule has 0 aliphatic carbocycles. The van der Waals surface area contributed by atoms with Crippen molar-refractivity contribution in [3.05, 3.63) is 5.69 Å². The van der Waals surface area contributed by atoms with Crippen LogP contribution in [0.5, 0.6) is 0 Å². The summed E-state index contributed by atoms with van der Waals surface area (Å²) in [6.45, 7) is 7.47. The van der Waals surface area contributed by atoms with Crippen LogP contribution >= 0.6 is 0 Å². The largest absolute Gasteiger partial charge is 0.381 e. The molecule has 6 heteroatoms. The third kappa shape index (κ3) is 2.10. The van der Waals surface area contributed by atoms with Crippen LogP contribution in [0.4, 0.5) is 5.95 Å². The molecular weight excluding hydrogens is 242 g/mol. The van der Waals surface area contributed by atoms with Gasteiger partial charge in [0.05, 0.1) is 12.3 Å². The fourth-order valence-corrected chi connectivity index (χ4v) is 2.85. The van der Waals surface area contributed by atoms with Crippen molar-refractivity contribution in [2.75, 3.05) is 18.9 Å². The Morgan fingerprint density at radius 2 is 2.32 bits per heavy atom. The van der Waals surface area contributed by atoms with E-state index in [4.69, 9.17) is 10.5 Å². The number of anilines is 1. The van der Waals surface area contributed by atoms with E-state index in [1.54, 1.807) is 0 Å². The third-order valence-corrected chi connectivity index (χ3v) is 3.82. The van der Waals surface area contributed by atoms with Crippen LogP contribution in [0.1, 0.15) is 25.5 Å². The van der Waals surface area contributed by atoms with E-state index in [-0.39, 0.29) is 0 Å². The molecule has 0 radical (unpaired) electrons. The normalized spacial score (nSPS) is 20.2. The first-order valence-electron chi connectivity index (χ1n) is 6.97. The summed E-state index contributed by atoms with van der Waals surface area (Å²) in [4.78, 5) is 4.46. The number of nitrogens with two attached hydrogens (primary N) is 1. The second-order valence-electron chi connectivity index (χ2n) is 5.24. The van der Waals surface area contributed by atoms with E-state index in [0.717, 1.165) is 49.6 Å². The van der Waals surface area contributed by atoms with Crippen molar-refractivity contribution in [2.45, 2.75) is 39.8 Å². The van der Waals surface area contributed by atoms with E-state index in [1.807, 2.05) is 11.6 Å². The molecule has 2 N–H and O–H groups in total. The smallest absolute Gasteiger partial charge is 0.202 e. The lowest BCUT2D eigenvalue weighted by Crippen LogP contribution is -2.23. The van der Waals surface area contributed by atoms with Gasteiger partial charge in [-0.2, -0.15) is 5.10 Å². The first-order chi connectivity index (χ1) is 9.20. The van der Waals surface area contributed by atoms with Crippen molar-refractivity contribution in [3.63, 3.8) is 0 Å². The Hall–Kier alpha value is -1.56. The first-order valence-corrected chi connectivity index (χ1v) is 6.97. The summed E-state index contributed by atoms with van der Waals surface area (Å²) in [6, 6.07) is 0. The second kappa shape index (κ2) is 4.85. The van der Waals surface area contributed by atoms with Crippen LogP contribution in [-0.4, -0.2) is 32.5 Å². The number of nitrogens with zero attached hydrogens (tertiary/aromatic N) is 4. The van der Waals surface area contributed by atoms with Crippen molar-refractivity contribution < 1.29 is 4.74 Å². The topological polar surface area (TPSA) is 70.9 Å². The van der Waals surface area contributed by atoms with E-state index in [0.29, 0.717) is 11.9 Å². The fourth-order valence-electron chi connectivity index (χ4n) is 2.85. The van der Waals surface area contributed by atoms with Gasteiger partial charge < -0.3 is 10.5 Å². The average molecular weight is 263 g/mol. The van der Waals surface area contributed by atoms with Crippen molar-refractivity contribution in [2.24, 2.45) is 5.92 Å². The zero-order chi connectivity index (χ0) is 13.4. The zero-order valence-electron chi connectivity index (χ0n) is 11.6. The standard InChI is InChI=1S/C13H21N5O/c1-3-18-12-11(9(2)16-18)15-13(14)17(12)7-10-5-4-6-19-8-10/h10H,3-8H2,1-2H3,(H2,14,15). The number of ether oxygens (including phenoxy) is 1. The van der Waals surface area contributed by atoms with Gasteiger partial charge in [0.2, 0.25) is 5.95 Å². The Kier molecular flexibility index (Phi) is 3.18. The Labute approximate surface area is 112 Å². The van der Waals surface area contributed by atoms with Crippen molar-refractivity contribution >= 4 is 17.1 Å². The Bertz CT molecular complexity index is 579. The second-order valence-corrected chi connectivity index (χ2v) is 5.24. The SMILES string of the molecule is CCn1nc(C)c2nc(N)n(CC3CCCOC3)c21. The quantitative estimate of drug-likeness (QED) is 0.912. The maximum Gasteiger partial charge on any atom is 0.202 e. The van der Waals surface area contributed by atoms with Crippen LogP contribution in [-0.2, 0) is 17.8 Å². The molecule has 0 amide bonds. The molecule has 0 bridgehead atoms. The molecule has 0 saturated carbocycles. The number of imidazole rings is 1. The summed E-state index contributed by atoms with van der Waals surface area (Å²) < 4.78 is 9.63. The molecular formula is C13H21N5O. The van der Waals surface area contributed by atoms with E-state index >= 15 is 0 Å². The lowest BCUT2D eigenvalue weighted by atomic mass is 10.0. The summed E-state index contributed by atoms with van der Waals surface area (Å²) in [5, 5.41) is 4.51. The molecule has 104 valence electrons. The van der Waals surface area contributed by atoms with Gasteiger partial charge in [0, 0.05) is 25.6 Å². The van der Waals surface area contributed by atoms with Crippen LogP contribution in [0.25, 0.3) is 11.2 Å². The number of hydrogen-bond acceptors (Lipinski definition) is 4. The molecule has 1 aliphatic heterocycles. The molecule has 3 heterocycles. The molecule has 2 aromatic rings. The molecule has 1 atom stereocenters. The fraction of sp³-hybridized carbons (Fsp3) is 0.692. The Morgan fingerprint density at radius 1 is 1.47 bits per heavy atom. The number of hydrogen-bond donors (Lipinski definition) is 1. The van der Waals surface area contributed by atoms with Gasteiger partial charge in [-0.05, 0) is 26.7 Å². The van der Waals surface area contributed by atoms with Gasteiger partial charge in [0.15, 0.2) is 5.65 Å². The predicted octanol–water partition coefficient (Wildman–Crippen LogP) is 1.57. The summed E-state index contributed by atoms with van der Waals surface area (Å²) >= 11 is 0. The van der Waals surface area contributed by atoms with E-state index in [1.165, 1.54) is 6.42 Å². The van der Waals surface area contributed by atoms with Gasteiger partial charge in [0.1, 0.15) is 5.52 Å². The molecule has 1 aliphatic rings. The van der Waals surface area contributed by atoms with Crippen molar-refractivity contribution in [3.8, 4) is 0 Å². The average Bonchev–Trinajstić information content (AvgIpc) is 2.90. The Morgan fingerprint density at radius 3 is 3.00 bits per heavy atom. The van der Waals surface area contributed by atoms with Crippen LogP contribution in [0.2, 0.25) is 0 Å². The predicted molar refractivity (Wildman–Crippen MR) is 73.9 cm³/mol. The molecule has 6 nitrogen and oxygen atoms in total. The van der Waals surface area contributed by atoms with Gasteiger partial charge in [-0.15, -0.1) is 0 Å². The van der Waals surface area contributed by atoms with Crippen LogP contribution in [0.15, 0.2) is 0 Å². The monoisotopic (exact) mass is 263 g/mol.